The molecule has 0 fully saturated rings. The van der Waals surface area contributed by atoms with Gasteiger partial charge in [-0.2, -0.15) is 13.2 Å². The van der Waals surface area contributed by atoms with Crippen molar-refractivity contribution in [2.75, 3.05) is 5.32 Å². The smallest absolute Gasteiger partial charge is 0.378 e. The number of para-hydroxylation sites is 1. The number of hydrogen-bond acceptors (Lipinski definition) is 1. The first kappa shape index (κ1) is 15.4. The van der Waals surface area contributed by atoms with Crippen LogP contribution in [0, 0.1) is 5.82 Å². The van der Waals surface area contributed by atoms with E-state index >= 15 is 0 Å². The van der Waals surface area contributed by atoms with Crippen molar-refractivity contribution in [3.8, 4) is 0 Å². The molecule has 0 aliphatic heterocycles. The minimum absolute atomic E-state index is 0.00103. The van der Waals surface area contributed by atoms with Crippen LogP contribution in [0.3, 0.4) is 0 Å². The van der Waals surface area contributed by atoms with Crippen molar-refractivity contribution in [2.45, 2.75) is 25.6 Å². The van der Waals surface area contributed by atoms with Crippen LogP contribution in [-0.2, 0) is 6.18 Å². The van der Waals surface area contributed by atoms with Crippen molar-refractivity contribution in [3.05, 3.63) is 65.5 Å². The summed E-state index contributed by atoms with van der Waals surface area (Å²) in [6.07, 6.45) is -3.89. The van der Waals surface area contributed by atoms with E-state index in [1.807, 2.05) is 6.92 Å². The lowest BCUT2D eigenvalue weighted by Crippen LogP contribution is -2.15. The summed E-state index contributed by atoms with van der Waals surface area (Å²) in [4.78, 5) is 0. The molecule has 5 heteroatoms. The molecule has 0 saturated carbocycles. The molecule has 0 aliphatic carbocycles. The Kier molecular flexibility index (Phi) is 4.50. The monoisotopic (exact) mass is 297 g/mol. The maximum atomic E-state index is 13.3. The molecule has 0 aliphatic rings. The van der Waals surface area contributed by atoms with Crippen molar-refractivity contribution in [2.24, 2.45) is 0 Å². The van der Waals surface area contributed by atoms with Gasteiger partial charge < -0.3 is 5.32 Å². The van der Waals surface area contributed by atoms with Crippen LogP contribution in [0.1, 0.15) is 30.5 Å². The van der Waals surface area contributed by atoms with Gasteiger partial charge in [-0.25, -0.2) is 4.39 Å². The average molecular weight is 297 g/mol. The lowest BCUT2D eigenvalue weighted by Gasteiger charge is -2.22. The van der Waals surface area contributed by atoms with Gasteiger partial charge in [0.1, 0.15) is 5.82 Å². The van der Waals surface area contributed by atoms with Crippen LogP contribution in [0.25, 0.3) is 0 Å². The van der Waals surface area contributed by atoms with Crippen LogP contribution in [0.5, 0.6) is 0 Å². The zero-order valence-electron chi connectivity index (χ0n) is 11.4. The molecule has 2 aromatic rings. The predicted octanol–water partition coefficient (Wildman–Crippen LogP) is 5.41. The molecule has 2 rings (SSSR count). The molecule has 1 N–H and O–H groups in total. The second kappa shape index (κ2) is 6.16. The van der Waals surface area contributed by atoms with E-state index in [4.69, 9.17) is 0 Å². The Morgan fingerprint density at radius 3 is 2.38 bits per heavy atom. The largest absolute Gasteiger partial charge is 0.418 e. The zero-order chi connectivity index (χ0) is 15.5. The lowest BCUT2D eigenvalue weighted by molar-refractivity contribution is -0.137. The second-order valence-electron chi connectivity index (χ2n) is 4.70. The second-order valence-corrected chi connectivity index (χ2v) is 4.70. The fourth-order valence-electron chi connectivity index (χ4n) is 2.19. The van der Waals surface area contributed by atoms with Gasteiger partial charge in [0.2, 0.25) is 0 Å². The number of halogens is 4. The van der Waals surface area contributed by atoms with E-state index in [0.717, 1.165) is 6.07 Å². The summed E-state index contributed by atoms with van der Waals surface area (Å²) in [7, 11) is 0. The van der Waals surface area contributed by atoms with Crippen molar-refractivity contribution in [1.82, 2.24) is 0 Å². The fourth-order valence-corrected chi connectivity index (χ4v) is 2.19. The normalized spacial score (nSPS) is 13.0. The number of rotatable bonds is 4. The third kappa shape index (κ3) is 3.74. The molecule has 1 nitrogen and oxygen atoms in total. The van der Waals surface area contributed by atoms with Gasteiger partial charge in [0, 0.05) is 5.69 Å². The van der Waals surface area contributed by atoms with Crippen LogP contribution >= 0.6 is 0 Å². The average Bonchev–Trinajstić information content (AvgIpc) is 2.44. The summed E-state index contributed by atoms with van der Waals surface area (Å²) in [6.45, 7) is 1.83. The molecule has 1 atom stereocenters. The van der Waals surface area contributed by atoms with E-state index in [1.165, 1.54) is 30.3 Å². The molecule has 0 heterocycles. The van der Waals surface area contributed by atoms with E-state index in [0.29, 0.717) is 12.0 Å². The molecule has 0 saturated heterocycles. The van der Waals surface area contributed by atoms with Crippen LogP contribution in [0.4, 0.5) is 23.2 Å². The molecular weight excluding hydrogens is 282 g/mol. The number of nitrogens with one attached hydrogen (secondary N) is 1. The van der Waals surface area contributed by atoms with Gasteiger partial charge in [-0.05, 0) is 36.2 Å². The van der Waals surface area contributed by atoms with Gasteiger partial charge in [0.15, 0.2) is 0 Å². The van der Waals surface area contributed by atoms with Crippen molar-refractivity contribution < 1.29 is 17.6 Å². The summed E-state index contributed by atoms with van der Waals surface area (Å²) in [6, 6.07) is 10.8. The number of alkyl halides is 3. The van der Waals surface area contributed by atoms with E-state index in [9.17, 15) is 17.6 Å². The highest BCUT2D eigenvalue weighted by molar-refractivity contribution is 5.54. The Hall–Kier alpha value is -2.04. The predicted molar refractivity (Wildman–Crippen MR) is 74.5 cm³/mol. The highest BCUT2D eigenvalue weighted by Crippen LogP contribution is 2.36. The first-order valence-corrected chi connectivity index (χ1v) is 6.60. The zero-order valence-corrected chi connectivity index (χ0v) is 11.4. The van der Waals surface area contributed by atoms with E-state index in [2.05, 4.69) is 5.32 Å². The molecule has 1 unspecified atom stereocenters. The van der Waals surface area contributed by atoms with Crippen molar-refractivity contribution in [3.63, 3.8) is 0 Å². The summed E-state index contributed by atoms with van der Waals surface area (Å²) < 4.78 is 52.2. The summed E-state index contributed by atoms with van der Waals surface area (Å²) in [5.41, 5.74) is -0.101. The topological polar surface area (TPSA) is 12.0 Å². The molecule has 0 spiro atoms. The van der Waals surface area contributed by atoms with Gasteiger partial charge >= 0.3 is 6.18 Å². The molecule has 0 amide bonds. The van der Waals surface area contributed by atoms with Crippen LogP contribution in [0.2, 0.25) is 0 Å². The quantitative estimate of drug-likeness (QED) is 0.744. The Bertz CT molecular complexity index is 607. The van der Waals surface area contributed by atoms with Crippen LogP contribution in [-0.4, -0.2) is 0 Å². The van der Waals surface area contributed by atoms with Gasteiger partial charge in [-0.1, -0.05) is 31.2 Å². The van der Waals surface area contributed by atoms with E-state index in [-0.39, 0.29) is 11.7 Å². The lowest BCUT2D eigenvalue weighted by atomic mass is 10.0. The first-order valence-electron chi connectivity index (χ1n) is 6.60. The molecule has 2 aromatic carbocycles. The molecule has 21 heavy (non-hydrogen) atoms. The van der Waals surface area contributed by atoms with Crippen LogP contribution < -0.4 is 5.32 Å². The Balaban J connectivity index is 2.32. The molecule has 0 bridgehead atoms. The van der Waals surface area contributed by atoms with Crippen molar-refractivity contribution in [1.29, 1.82) is 0 Å². The first-order chi connectivity index (χ1) is 9.91. The van der Waals surface area contributed by atoms with Crippen LogP contribution in [0.15, 0.2) is 48.5 Å². The number of anilines is 1. The molecule has 0 aromatic heterocycles. The third-order valence-electron chi connectivity index (χ3n) is 3.22. The highest BCUT2D eigenvalue weighted by Gasteiger charge is 2.33. The number of benzene rings is 2. The van der Waals surface area contributed by atoms with Crippen molar-refractivity contribution >= 4 is 5.69 Å². The Morgan fingerprint density at radius 1 is 1.05 bits per heavy atom. The van der Waals surface area contributed by atoms with E-state index in [1.54, 1.807) is 12.1 Å². The molecule has 112 valence electrons. The maximum Gasteiger partial charge on any atom is 0.418 e. The minimum Gasteiger partial charge on any atom is -0.378 e. The summed E-state index contributed by atoms with van der Waals surface area (Å²) in [5, 5.41) is 2.86. The van der Waals surface area contributed by atoms with E-state index < -0.39 is 17.6 Å². The van der Waals surface area contributed by atoms with Gasteiger partial charge in [0.25, 0.3) is 0 Å². The third-order valence-corrected chi connectivity index (χ3v) is 3.22. The summed E-state index contributed by atoms with van der Waals surface area (Å²) in [5.74, 6) is -0.406. The maximum absolute atomic E-state index is 13.3. The van der Waals surface area contributed by atoms with Gasteiger partial charge in [-0.3, -0.25) is 0 Å². The number of hydrogen-bond donors (Lipinski definition) is 1. The summed E-state index contributed by atoms with van der Waals surface area (Å²) >= 11 is 0. The standard InChI is InChI=1S/C16H15F4N/c1-2-14(11-6-5-7-12(17)10-11)21-15-9-4-3-8-13(15)16(18,19)20/h3-10,14,21H,2H2,1H3. The molecular formula is C16H15F4N. The fraction of sp³-hybridized carbons (Fsp3) is 0.250. The Morgan fingerprint density at radius 2 is 1.76 bits per heavy atom. The molecule has 0 radical (unpaired) electrons. The highest BCUT2D eigenvalue weighted by atomic mass is 19.4. The SMILES string of the molecule is CCC(Nc1ccccc1C(F)(F)F)c1cccc(F)c1. The van der Waals surface area contributed by atoms with Gasteiger partial charge in [-0.15, -0.1) is 0 Å². The Labute approximate surface area is 120 Å². The minimum atomic E-state index is -4.43. The van der Waals surface area contributed by atoms with Gasteiger partial charge in [0.05, 0.1) is 11.6 Å².